The van der Waals surface area contributed by atoms with Gasteiger partial charge in [-0.3, -0.25) is 21.7 Å². The molecule has 0 spiro atoms. The Balaban J connectivity index is 0. The van der Waals surface area contributed by atoms with Crippen molar-refractivity contribution in [1.29, 1.82) is 10.8 Å². The fourth-order valence-corrected chi connectivity index (χ4v) is 5.00. The number of hydrogen-bond acceptors (Lipinski definition) is 6. The molecular formula is C26H36I4N6S2. The van der Waals surface area contributed by atoms with Crippen LogP contribution in [-0.2, 0) is 0 Å². The zero-order valence-electron chi connectivity index (χ0n) is 21.4. The van der Waals surface area contributed by atoms with Gasteiger partial charge < -0.3 is 0 Å². The zero-order chi connectivity index (χ0) is 24.2. The molecule has 4 N–H and O–H groups in total. The summed E-state index contributed by atoms with van der Waals surface area (Å²) in [6.07, 6.45) is 8.01. The Morgan fingerprint density at radius 1 is 0.658 bits per heavy atom. The van der Waals surface area contributed by atoms with E-state index >= 15 is 0 Å². The molecule has 0 fully saturated rings. The van der Waals surface area contributed by atoms with E-state index in [4.69, 9.17) is 10.8 Å². The molecule has 0 amide bonds. The predicted molar refractivity (Wildman–Crippen MR) is 215 cm³/mol. The lowest BCUT2D eigenvalue weighted by Crippen LogP contribution is -2.13. The monoisotopic (exact) mass is 1000 g/mol. The molecule has 12 heteroatoms. The van der Waals surface area contributed by atoms with Crippen LogP contribution in [0.4, 0.5) is 0 Å². The lowest BCUT2D eigenvalue weighted by molar-refractivity contribution is 0.897. The molecule has 0 aliphatic heterocycles. The molecule has 3 rings (SSSR count). The highest BCUT2D eigenvalue weighted by atomic mass is 127. The van der Waals surface area contributed by atoms with Crippen molar-refractivity contribution in [2.24, 2.45) is 10.2 Å². The molecule has 0 radical (unpaired) electrons. The molecule has 0 saturated carbocycles. The molecule has 0 bridgehead atoms. The van der Waals surface area contributed by atoms with Crippen molar-refractivity contribution in [2.75, 3.05) is 11.5 Å². The van der Waals surface area contributed by atoms with E-state index in [1.54, 1.807) is 12.4 Å². The molecule has 0 unspecified atom stereocenters. The molecule has 0 aromatic heterocycles. The largest absolute Gasteiger partial charge is 0.277 e. The smallest absolute Gasteiger partial charge is 0.174 e. The van der Waals surface area contributed by atoms with Crippen LogP contribution < -0.4 is 10.9 Å². The first-order chi connectivity index (χ1) is 16.7. The molecule has 210 valence electrons. The van der Waals surface area contributed by atoms with Crippen molar-refractivity contribution in [3.8, 4) is 0 Å². The third-order valence-corrected chi connectivity index (χ3v) is 6.97. The molecule has 3 aromatic rings. The summed E-state index contributed by atoms with van der Waals surface area (Å²) in [6.45, 7) is 4.29. The van der Waals surface area contributed by atoms with Gasteiger partial charge in [0.1, 0.15) is 0 Å². The first kappa shape index (κ1) is 40.2. The number of rotatable bonds is 10. The summed E-state index contributed by atoms with van der Waals surface area (Å²) < 4.78 is 0. The van der Waals surface area contributed by atoms with Gasteiger partial charge in [-0.2, -0.15) is 10.2 Å². The lowest BCUT2D eigenvalue weighted by atomic mass is 9.92. The van der Waals surface area contributed by atoms with Crippen LogP contribution in [0.3, 0.4) is 0 Å². The van der Waals surface area contributed by atoms with Crippen molar-refractivity contribution < 1.29 is 0 Å². The molecule has 0 aliphatic rings. The molecule has 0 heterocycles. The third kappa shape index (κ3) is 12.3. The minimum absolute atomic E-state index is 0. The first-order valence-corrected chi connectivity index (χ1v) is 13.6. The fraction of sp³-hybridized carbons (Fsp3) is 0.308. The number of benzene rings is 3. The summed E-state index contributed by atoms with van der Waals surface area (Å²) in [5.41, 5.74) is 7.71. The van der Waals surface area contributed by atoms with E-state index in [2.05, 4.69) is 59.2 Å². The minimum atomic E-state index is 0. The number of nitrogens with one attached hydrogen (secondary N) is 4. The Hall–Kier alpha value is 0.0800. The normalized spacial score (nSPS) is 10.4. The van der Waals surface area contributed by atoms with Crippen molar-refractivity contribution >= 4 is 164 Å². The molecule has 0 saturated heterocycles. The van der Waals surface area contributed by atoms with Gasteiger partial charge in [-0.05, 0) is 34.4 Å². The van der Waals surface area contributed by atoms with Crippen LogP contribution in [0.2, 0.25) is 0 Å². The Bertz CT molecular complexity index is 1060. The number of nitrogens with zero attached hydrogens (tertiary/aromatic N) is 2. The maximum atomic E-state index is 8.05. The molecule has 6 nitrogen and oxygen atoms in total. The third-order valence-electron chi connectivity index (χ3n) is 5.22. The van der Waals surface area contributed by atoms with Gasteiger partial charge >= 0.3 is 0 Å². The van der Waals surface area contributed by atoms with Crippen LogP contribution in [-0.4, -0.2) is 34.3 Å². The van der Waals surface area contributed by atoms with E-state index < -0.39 is 0 Å². The standard InChI is InChI=1S/C26H32N6S2.4HI/c1-3-5-15-33-25(27)31-29-17-23-19-11-7-9-13-21(19)24(22-14-10-8-12-20(22)23)18-30-32-26(28)34-16-6-4-2;;;;/h7-14,17-18H,3-6,15-16H2,1-2H3,(H2,27,31)(H2,28,32);4*1H. The van der Waals surface area contributed by atoms with Crippen molar-refractivity contribution in [3.63, 3.8) is 0 Å². The minimum Gasteiger partial charge on any atom is -0.277 e. The maximum absolute atomic E-state index is 8.05. The van der Waals surface area contributed by atoms with Gasteiger partial charge in [0, 0.05) is 22.6 Å². The summed E-state index contributed by atoms with van der Waals surface area (Å²) >= 11 is 2.96. The second-order valence-electron chi connectivity index (χ2n) is 7.72. The number of halogens is 4. The van der Waals surface area contributed by atoms with Gasteiger partial charge in [0.2, 0.25) is 0 Å². The SMILES string of the molecule is CCCCSC(=N)NN=Cc1c2ccccc2c(C=NNC(=N)SCCCC)c2ccccc12.I.I.I.I. The van der Waals surface area contributed by atoms with Crippen LogP contribution in [0.15, 0.2) is 58.7 Å². The number of fused-ring (bicyclic) bond motifs is 2. The van der Waals surface area contributed by atoms with Crippen molar-refractivity contribution in [1.82, 2.24) is 10.9 Å². The number of thioether (sulfide) groups is 2. The van der Waals surface area contributed by atoms with Crippen LogP contribution >= 0.6 is 119 Å². The predicted octanol–water partition coefficient (Wildman–Crippen LogP) is 9.25. The Kier molecular flexibility index (Phi) is 24.1. The highest BCUT2D eigenvalue weighted by Crippen LogP contribution is 2.31. The van der Waals surface area contributed by atoms with E-state index in [1.807, 2.05) is 24.3 Å². The summed E-state index contributed by atoms with van der Waals surface area (Å²) in [7, 11) is 0. The van der Waals surface area contributed by atoms with Gasteiger partial charge in [-0.15, -0.1) is 95.9 Å². The fourth-order valence-electron chi connectivity index (χ4n) is 3.49. The van der Waals surface area contributed by atoms with Gasteiger partial charge in [0.25, 0.3) is 0 Å². The van der Waals surface area contributed by atoms with Gasteiger partial charge in [-0.1, -0.05) is 98.7 Å². The number of hydrazone groups is 2. The molecule has 38 heavy (non-hydrogen) atoms. The van der Waals surface area contributed by atoms with E-state index in [0.717, 1.165) is 69.9 Å². The molecule has 0 atom stereocenters. The summed E-state index contributed by atoms with van der Waals surface area (Å²) in [4.78, 5) is 0. The highest BCUT2D eigenvalue weighted by molar-refractivity contribution is 14.0. The van der Waals surface area contributed by atoms with Gasteiger partial charge in [0.15, 0.2) is 10.3 Å². The van der Waals surface area contributed by atoms with Gasteiger partial charge in [0.05, 0.1) is 12.4 Å². The Morgan fingerprint density at radius 2 is 0.974 bits per heavy atom. The Morgan fingerprint density at radius 3 is 1.26 bits per heavy atom. The molecular weight excluding hydrogens is 968 g/mol. The van der Waals surface area contributed by atoms with Crippen molar-refractivity contribution in [2.45, 2.75) is 39.5 Å². The van der Waals surface area contributed by atoms with E-state index in [0.29, 0.717) is 10.3 Å². The van der Waals surface area contributed by atoms with E-state index in [1.165, 1.54) is 23.5 Å². The number of unbranched alkanes of at least 4 members (excludes halogenated alkanes) is 2. The Labute approximate surface area is 302 Å². The zero-order valence-corrected chi connectivity index (χ0v) is 32.3. The van der Waals surface area contributed by atoms with Crippen LogP contribution in [0.1, 0.15) is 50.7 Å². The first-order valence-electron chi connectivity index (χ1n) is 11.6. The summed E-state index contributed by atoms with van der Waals surface area (Å²) in [5.74, 6) is 1.83. The number of amidine groups is 2. The molecule has 0 aliphatic carbocycles. The quantitative estimate of drug-likeness (QED) is 0.0407. The van der Waals surface area contributed by atoms with E-state index in [9.17, 15) is 0 Å². The average molecular weight is 1000 g/mol. The van der Waals surface area contributed by atoms with Crippen LogP contribution in [0, 0.1) is 10.8 Å². The second kappa shape index (κ2) is 22.7. The van der Waals surface area contributed by atoms with E-state index in [-0.39, 0.29) is 95.9 Å². The second-order valence-corrected chi connectivity index (χ2v) is 9.93. The lowest BCUT2D eigenvalue weighted by Gasteiger charge is -2.12. The summed E-state index contributed by atoms with van der Waals surface area (Å²) in [5, 5.41) is 29.8. The average Bonchev–Trinajstić information content (AvgIpc) is 2.85. The maximum Gasteiger partial charge on any atom is 0.174 e. The van der Waals surface area contributed by atoms with Crippen molar-refractivity contribution in [3.05, 3.63) is 59.7 Å². The topological polar surface area (TPSA) is 96.5 Å². The molecule has 3 aromatic carbocycles. The number of hydrogen-bond donors (Lipinski definition) is 4. The highest BCUT2D eigenvalue weighted by Gasteiger charge is 2.11. The summed E-state index contributed by atoms with van der Waals surface area (Å²) in [6, 6.07) is 16.4. The van der Waals surface area contributed by atoms with Gasteiger partial charge in [-0.25, -0.2) is 0 Å². The van der Waals surface area contributed by atoms with Crippen LogP contribution in [0.5, 0.6) is 0 Å². The van der Waals surface area contributed by atoms with Crippen LogP contribution in [0.25, 0.3) is 21.5 Å².